The van der Waals surface area contributed by atoms with E-state index in [1.54, 1.807) is 18.2 Å². The van der Waals surface area contributed by atoms with E-state index in [0.717, 1.165) is 26.2 Å². The molecule has 1 aliphatic heterocycles. The summed E-state index contributed by atoms with van der Waals surface area (Å²) in [6, 6.07) is 5.94. The first kappa shape index (κ1) is 14.9. The lowest BCUT2D eigenvalue weighted by Crippen LogP contribution is -2.44. The van der Waals surface area contributed by atoms with Crippen LogP contribution in [-0.4, -0.2) is 37.4 Å². The van der Waals surface area contributed by atoms with Gasteiger partial charge in [-0.25, -0.2) is 0 Å². The van der Waals surface area contributed by atoms with Gasteiger partial charge >= 0.3 is 6.36 Å². The summed E-state index contributed by atoms with van der Waals surface area (Å²) in [6.45, 7) is 6.90. The van der Waals surface area contributed by atoms with E-state index in [9.17, 15) is 13.2 Å². The Bertz CT molecular complexity index is 456. The topological polar surface area (TPSA) is 24.5 Å². The number of halogens is 3. The second-order valence-electron chi connectivity index (χ2n) is 4.55. The fourth-order valence-electron chi connectivity index (χ4n) is 2.38. The van der Waals surface area contributed by atoms with Gasteiger partial charge in [-0.1, -0.05) is 24.3 Å². The molecule has 110 valence electrons. The number of nitrogens with one attached hydrogen (secondary N) is 1. The minimum absolute atomic E-state index is 0.163. The second-order valence-corrected chi connectivity index (χ2v) is 4.55. The van der Waals surface area contributed by atoms with Gasteiger partial charge in [0, 0.05) is 31.7 Å². The highest BCUT2D eigenvalue weighted by Gasteiger charge is 2.33. The van der Waals surface area contributed by atoms with Gasteiger partial charge in [0.25, 0.3) is 0 Å². The zero-order valence-corrected chi connectivity index (χ0v) is 11.0. The average Bonchev–Trinajstić information content (AvgIpc) is 2.41. The molecular weight excluding hydrogens is 269 g/mol. The number of alkyl halides is 3. The third-order valence-electron chi connectivity index (χ3n) is 3.23. The van der Waals surface area contributed by atoms with Crippen LogP contribution in [0.3, 0.4) is 0 Å². The van der Waals surface area contributed by atoms with Crippen molar-refractivity contribution >= 4 is 0 Å². The van der Waals surface area contributed by atoms with Gasteiger partial charge < -0.3 is 10.1 Å². The molecule has 2 rings (SSSR count). The monoisotopic (exact) mass is 286 g/mol. The highest BCUT2D eigenvalue weighted by Crippen LogP contribution is 2.33. The van der Waals surface area contributed by atoms with Gasteiger partial charge in [-0.15, -0.1) is 19.8 Å². The summed E-state index contributed by atoms with van der Waals surface area (Å²) in [6.07, 6.45) is -3.03. The van der Waals surface area contributed by atoms with Gasteiger partial charge in [0.15, 0.2) is 0 Å². The van der Waals surface area contributed by atoms with Crippen LogP contribution < -0.4 is 10.1 Å². The number of benzene rings is 1. The van der Waals surface area contributed by atoms with Crippen molar-refractivity contribution in [1.82, 2.24) is 10.2 Å². The van der Waals surface area contributed by atoms with E-state index in [1.807, 2.05) is 0 Å². The van der Waals surface area contributed by atoms with E-state index in [1.165, 1.54) is 12.1 Å². The van der Waals surface area contributed by atoms with Crippen LogP contribution in [0.2, 0.25) is 0 Å². The lowest BCUT2D eigenvalue weighted by Gasteiger charge is -2.34. The third-order valence-corrected chi connectivity index (χ3v) is 3.23. The van der Waals surface area contributed by atoms with Gasteiger partial charge in [-0.3, -0.25) is 4.90 Å². The number of piperazine rings is 1. The fourth-order valence-corrected chi connectivity index (χ4v) is 2.38. The molecule has 6 heteroatoms. The summed E-state index contributed by atoms with van der Waals surface area (Å²) in [4.78, 5) is 2.09. The number of ether oxygens (including phenoxy) is 1. The summed E-state index contributed by atoms with van der Waals surface area (Å²) in [5.41, 5.74) is 0.488. The predicted octanol–water partition coefficient (Wildman–Crippen LogP) is 2.72. The van der Waals surface area contributed by atoms with Crippen molar-refractivity contribution in [3.8, 4) is 5.75 Å². The summed E-state index contributed by atoms with van der Waals surface area (Å²) in [5.74, 6) is -0.163. The van der Waals surface area contributed by atoms with Crippen molar-refractivity contribution in [3.63, 3.8) is 0 Å². The zero-order chi connectivity index (χ0) is 14.6. The Morgan fingerprint density at radius 2 is 1.90 bits per heavy atom. The minimum atomic E-state index is -4.69. The Hall–Kier alpha value is -1.53. The largest absolute Gasteiger partial charge is 0.573 e. The van der Waals surface area contributed by atoms with Gasteiger partial charge in [-0.05, 0) is 6.07 Å². The lowest BCUT2D eigenvalue weighted by atomic mass is 10.0. The highest BCUT2D eigenvalue weighted by atomic mass is 19.4. The number of rotatable bonds is 4. The van der Waals surface area contributed by atoms with Crippen LogP contribution in [0.4, 0.5) is 13.2 Å². The molecule has 3 nitrogen and oxygen atoms in total. The summed E-state index contributed by atoms with van der Waals surface area (Å²) in [5, 5.41) is 3.21. The van der Waals surface area contributed by atoms with E-state index in [2.05, 4.69) is 21.5 Å². The first-order chi connectivity index (χ1) is 9.51. The van der Waals surface area contributed by atoms with Crippen LogP contribution in [0.25, 0.3) is 0 Å². The molecule has 1 N–H and O–H groups in total. The minimum Gasteiger partial charge on any atom is -0.405 e. The molecule has 0 spiro atoms. The van der Waals surface area contributed by atoms with Gasteiger partial charge in [-0.2, -0.15) is 0 Å². The molecule has 1 fully saturated rings. The van der Waals surface area contributed by atoms with E-state index in [0.29, 0.717) is 5.56 Å². The molecule has 1 aromatic rings. The van der Waals surface area contributed by atoms with Crippen LogP contribution in [0, 0.1) is 0 Å². The van der Waals surface area contributed by atoms with Crippen LogP contribution in [-0.2, 0) is 0 Å². The molecule has 0 aliphatic carbocycles. The van der Waals surface area contributed by atoms with E-state index >= 15 is 0 Å². The maximum atomic E-state index is 12.5. The maximum Gasteiger partial charge on any atom is 0.573 e. The first-order valence-corrected chi connectivity index (χ1v) is 6.43. The zero-order valence-electron chi connectivity index (χ0n) is 11.0. The Labute approximate surface area is 116 Å². The quantitative estimate of drug-likeness (QED) is 0.861. The second kappa shape index (κ2) is 6.28. The first-order valence-electron chi connectivity index (χ1n) is 6.43. The number of nitrogens with zero attached hydrogens (tertiary/aromatic N) is 1. The third kappa shape index (κ3) is 3.74. The Morgan fingerprint density at radius 1 is 1.25 bits per heavy atom. The molecule has 0 amide bonds. The SMILES string of the molecule is C=C[C@H](c1ccccc1OC(F)(F)F)N1CCNCC1. The van der Waals surface area contributed by atoms with Crippen LogP contribution in [0.1, 0.15) is 11.6 Å². The fraction of sp³-hybridized carbons (Fsp3) is 0.429. The highest BCUT2D eigenvalue weighted by molar-refractivity contribution is 5.38. The molecule has 1 heterocycles. The number of hydrogen-bond donors (Lipinski definition) is 1. The van der Waals surface area contributed by atoms with E-state index in [-0.39, 0.29) is 11.8 Å². The molecule has 0 radical (unpaired) electrons. The molecule has 1 aliphatic rings. The molecule has 0 bridgehead atoms. The predicted molar refractivity (Wildman–Crippen MR) is 70.5 cm³/mol. The van der Waals surface area contributed by atoms with E-state index < -0.39 is 6.36 Å². The van der Waals surface area contributed by atoms with Gasteiger partial charge in [0.1, 0.15) is 5.75 Å². The Morgan fingerprint density at radius 3 is 2.50 bits per heavy atom. The van der Waals surface area contributed by atoms with Crippen molar-refractivity contribution < 1.29 is 17.9 Å². The smallest absolute Gasteiger partial charge is 0.405 e. The molecule has 0 aromatic heterocycles. The van der Waals surface area contributed by atoms with Crippen LogP contribution in [0.5, 0.6) is 5.75 Å². The van der Waals surface area contributed by atoms with Crippen molar-refractivity contribution in [1.29, 1.82) is 0 Å². The Balaban J connectivity index is 2.26. The maximum absolute atomic E-state index is 12.5. The lowest BCUT2D eigenvalue weighted by molar-refractivity contribution is -0.275. The van der Waals surface area contributed by atoms with Gasteiger partial charge in [0.05, 0.1) is 6.04 Å². The standard InChI is InChI=1S/C14H17F3N2O/c1-2-12(19-9-7-18-8-10-19)11-5-3-4-6-13(11)20-14(15,16)17/h2-6,12,18H,1,7-10H2/t12-/m1/s1. The Kier molecular flexibility index (Phi) is 4.67. The van der Waals surface area contributed by atoms with Crippen molar-refractivity contribution in [2.45, 2.75) is 12.4 Å². The summed E-state index contributed by atoms with van der Waals surface area (Å²) >= 11 is 0. The normalized spacial score (nSPS) is 18.6. The summed E-state index contributed by atoms with van der Waals surface area (Å²) < 4.78 is 41.5. The number of hydrogen-bond acceptors (Lipinski definition) is 3. The molecule has 20 heavy (non-hydrogen) atoms. The van der Waals surface area contributed by atoms with Crippen molar-refractivity contribution in [3.05, 3.63) is 42.5 Å². The van der Waals surface area contributed by atoms with Crippen LogP contribution in [0.15, 0.2) is 36.9 Å². The molecule has 1 saturated heterocycles. The average molecular weight is 286 g/mol. The van der Waals surface area contributed by atoms with Crippen LogP contribution >= 0.6 is 0 Å². The molecule has 0 saturated carbocycles. The van der Waals surface area contributed by atoms with Gasteiger partial charge in [0.2, 0.25) is 0 Å². The van der Waals surface area contributed by atoms with E-state index in [4.69, 9.17) is 0 Å². The molecule has 1 aromatic carbocycles. The molecular formula is C14H17F3N2O. The number of para-hydroxylation sites is 1. The van der Waals surface area contributed by atoms with Crippen molar-refractivity contribution in [2.24, 2.45) is 0 Å². The molecule has 1 atom stereocenters. The summed E-state index contributed by atoms with van der Waals surface area (Å²) in [7, 11) is 0. The molecule has 0 unspecified atom stereocenters. The van der Waals surface area contributed by atoms with Crippen molar-refractivity contribution in [2.75, 3.05) is 26.2 Å².